The number of aromatic nitrogens is 2. The molecule has 1 aliphatic rings. The van der Waals surface area contributed by atoms with E-state index in [-0.39, 0.29) is 0 Å². The Labute approximate surface area is 132 Å². The van der Waals surface area contributed by atoms with E-state index in [1.54, 1.807) is 0 Å². The minimum Gasteiger partial charge on any atom is -0.238 e. The summed E-state index contributed by atoms with van der Waals surface area (Å²) in [5, 5.41) is 4.77. The number of allylic oxidation sites excluding steroid dienone is 6. The zero-order chi connectivity index (χ0) is 15.5. The Bertz CT molecular complexity index is 727. The molecule has 0 aliphatic heterocycles. The van der Waals surface area contributed by atoms with Gasteiger partial charge < -0.3 is 0 Å². The molecule has 0 unspecified atom stereocenters. The van der Waals surface area contributed by atoms with Gasteiger partial charge in [0.2, 0.25) is 0 Å². The van der Waals surface area contributed by atoms with Crippen LogP contribution in [0.2, 0.25) is 0 Å². The maximum Gasteiger partial charge on any atom is 0.0649 e. The lowest BCUT2D eigenvalue weighted by atomic mass is 9.96. The molecule has 2 nitrogen and oxygen atoms in total. The average molecular weight is 290 g/mol. The van der Waals surface area contributed by atoms with Crippen molar-refractivity contribution in [3.63, 3.8) is 0 Å². The van der Waals surface area contributed by atoms with E-state index in [2.05, 4.69) is 86.2 Å². The molecule has 1 aromatic heterocycles. The summed E-state index contributed by atoms with van der Waals surface area (Å²) in [4.78, 5) is 0. The fraction of sp³-hybridized carbons (Fsp3) is 0.250. The van der Waals surface area contributed by atoms with Crippen LogP contribution in [-0.2, 0) is 6.42 Å². The second-order valence-electron chi connectivity index (χ2n) is 5.70. The summed E-state index contributed by atoms with van der Waals surface area (Å²) in [7, 11) is 0. The first-order valence-corrected chi connectivity index (χ1v) is 7.87. The molecule has 1 aromatic carbocycles. The molecule has 2 aromatic rings. The van der Waals surface area contributed by atoms with Crippen LogP contribution in [0, 0.1) is 13.8 Å². The van der Waals surface area contributed by atoms with Crippen LogP contribution >= 0.6 is 0 Å². The summed E-state index contributed by atoms with van der Waals surface area (Å²) in [5.41, 5.74) is 6.09. The van der Waals surface area contributed by atoms with Crippen molar-refractivity contribution in [2.24, 2.45) is 0 Å². The smallest absolute Gasteiger partial charge is 0.0649 e. The van der Waals surface area contributed by atoms with Crippen LogP contribution in [0.4, 0.5) is 0 Å². The normalized spacial score (nSPS) is 14.5. The molecule has 22 heavy (non-hydrogen) atoms. The molecule has 0 saturated carbocycles. The lowest BCUT2D eigenvalue weighted by Crippen LogP contribution is -2.00. The summed E-state index contributed by atoms with van der Waals surface area (Å²) in [6.45, 7) is 6.43. The van der Waals surface area contributed by atoms with E-state index in [0.29, 0.717) is 5.92 Å². The Morgan fingerprint density at radius 1 is 0.955 bits per heavy atom. The van der Waals surface area contributed by atoms with E-state index in [4.69, 9.17) is 5.10 Å². The quantitative estimate of drug-likeness (QED) is 0.792. The highest BCUT2D eigenvalue weighted by atomic mass is 15.3. The Balaban J connectivity index is 2.02. The van der Waals surface area contributed by atoms with Crippen LogP contribution in [0.25, 0.3) is 5.69 Å². The first kappa shape index (κ1) is 14.6. The first-order chi connectivity index (χ1) is 10.7. The van der Waals surface area contributed by atoms with Gasteiger partial charge in [0.25, 0.3) is 0 Å². The van der Waals surface area contributed by atoms with Gasteiger partial charge in [-0.05, 0) is 38.0 Å². The number of rotatable bonds is 3. The molecule has 0 fully saturated rings. The Kier molecular flexibility index (Phi) is 4.10. The highest BCUT2D eigenvalue weighted by molar-refractivity contribution is 5.43. The summed E-state index contributed by atoms with van der Waals surface area (Å²) in [5.74, 6) is 0.290. The highest BCUT2D eigenvalue weighted by Gasteiger charge is 2.18. The zero-order valence-corrected chi connectivity index (χ0v) is 13.5. The first-order valence-electron chi connectivity index (χ1n) is 7.87. The number of aryl methyl sites for hydroxylation is 2. The Hall–Kier alpha value is -2.35. The molecule has 0 amide bonds. The molecule has 0 spiro atoms. The average Bonchev–Trinajstić information content (AvgIpc) is 2.73. The minimum absolute atomic E-state index is 0.290. The van der Waals surface area contributed by atoms with Crippen molar-refractivity contribution in [3.8, 4) is 5.69 Å². The molecule has 0 N–H and O–H groups in total. The van der Waals surface area contributed by atoms with Gasteiger partial charge in [-0.25, -0.2) is 4.68 Å². The van der Waals surface area contributed by atoms with Gasteiger partial charge in [0.15, 0.2) is 0 Å². The van der Waals surface area contributed by atoms with Gasteiger partial charge in [0.05, 0.1) is 11.4 Å². The Morgan fingerprint density at radius 2 is 1.59 bits per heavy atom. The zero-order valence-electron chi connectivity index (χ0n) is 13.5. The molecular formula is C20H22N2. The summed E-state index contributed by atoms with van der Waals surface area (Å²) in [6.07, 6.45) is 13.9. The molecule has 1 heterocycles. The molecule has 112 valence electrons. The highest BCUT2D eigenvalue weighted by Crippen LogP contribution is 2.28. The lowest BCUT2D eigenvalue weighted by Gasteiger charge is -2.10. The van der Waals surface area contributed by atoms with Crippen molar-refractivity contribution in [2.75, 3.05) is 0 Å². The van der Waals surface area contributed by atoms with Crippen molar-refractivity contribution in [2.45, 2.75) is 33.1 Å². The third-order valence-electron chi connectivity index (χ3n) is 4.24. The summed E-state index contributed by atoms with van der Waals surface area (Å²) in [6, 6.07) is 8.67. The van der Waals surface area contributed by atoms with Gasteiger partial charge in [-0.2, -0.15) is 5.10 Å². The Morgan fingerprint density at radius 3 is 2.18 bits per heavy atom. The van der Waals surface area contributed by atoms with Gasteiger partial charge in [-0.3, -0.25) is 0 Å². The van der Waals surface area contributed by atoms with Crippen LogP contribution < -0.4 is 0 Å². The number of benzene rings is 1. The SMILES string of the molecule is CCc1ccc(-n2nc(C)c(C3C=CC=CC=C3)c2C)cc1. The van der Waals surface area contributed by atoms with E-state index >= 15 is 0 Å². The van der Waals surface area contributed by atoms with Gasteiger partial charge in [0, 0.05) is 17.2 Å². The molecule has 2 heteroatoms. The van der Waals surface area contributed by atoms with Crippen molar-refractivity contribution in [1.29, 1.82) is 0 Å². The van der Waals surface area contributed by atoms with Gasteiger partial charge >= 0.3 is 0 Å². The molecule has 0 saturated heterocycles. The minimum atomic E-state index is 0.290. The van der Waals surface area contributed by atoms with E-state index < -0.39 is 0 Å². The number of hydrogen-bond donors (Lipinski definition) is 0. The maximum atomic E-state index is 4.77. The molecule has 0 bridgehead atoms. The monoisotopic (exact) mass is 290 g/mol. The van der Waals surface area contributed by atoms with Gasteiger partial charge in [-0.15, -0.1) is 0 Å². The fourth-order valence-electron chi connectivity index (χ4n) is 3.01. The molecule has 3 rings (SSSR count). The predicted octanol–water partition coefficient (Wildman–Crippen LogP) is 4.82. The topological polar surface area (TPSA) is 17.8 Å². The van der Waals surface area contributed by atoms with Gasteiger partial charge in [0.1, 0.15) is 0 Å². The number of nitrogens with zero attached hydrogens (tertiary/aromatic N) is 2. The molecule has 1 aliphatic carbocycles. The van der Waals surface area contributed by atoms with Crippen molar-refractivity contribution < 1.29 is 0 Å². The van der Waals surface area contributed by atoms with Crippen LogP contribution in [0.3, 0.4) is 0 Å². The standard InChI is InChI=1S/C20H22N2/c1-4-17-11-13-19(14-12-17)22-16(3)20(15(2)21-22)18-9-7-5-6-8-10-18/h5-14,18H,4H2,1-3H3. The lowest BCUT2D eigenvalue weighted by molar-refractivity contribution is 0.831. The fourth-order valence-corrected chi connectivity index (χ4v) is 3.01. The van der Waals surface area contributed by atoms with Crippen LogP contribution in [-0.4, -0.2) is 9.78 Å². The van der Waals surface area contributed by atoms with Gasteiger partial charge in [-0.1, -0.05) is 55.5 Å². The van der Waals surface area contributed by atoms with Crippen molar-refractivity contribution >= 4 is 0 Å². The van der Waals surface area contributed by atoms with E-state index in [0.717, 1.165) is 17.8 Å². The van der Waals surface area contributed by atoms with Crippen LogP contribution in [0.1, 0.15) is 35.4 Å². The largest absolute Gasteiger partial charge is 0.238 e. The van der Waals surface area contributed by atoms with E-state index in [1.165, 1.54) is 16.8 Å². The van der Waals surface area contributed by atoms with E-state index in [9.17, 15) is 0 Å². The predicted molar refractivity (Wildman–Crippen MR) is 92.6 cm³/mol. The second kappa shape index (κ2) is 6.18. The van der Waals surface area contributed by atoms with Crippen LogP contribution in [0.5, 0.6) is 0 Å². The van der Waals surface area contributed by atoms with Crippen molar-refractivity contribution in [1.82, 2.24) is 9.78 Å². The third kappa shape index (κ3) is 2.69. The molecule has 0 atom stereocenters. The molecular weight excluding hydrogens is 268 g/mol. The maximum absolute atomic E-state index is 4.77. The second-order valence-corrected chi connectivity index (χ2v) is 5.70. The third-order valence-corrected chi connectivity index (χ3v) is 4.24. The van der Waals surface area contributed by atoms with E-state index in [1.807, 2.05) is 0 Å². The van der Waals surface area contributed by atoms with Crippen LogP contribution in [0.15, 0.2) is 60.7 Å². The number of hydrogen-bond acceptors (Lipinski definition) is 1. The summed E-state index contributed by atoms with van der Waals surface area (Å²) < 4.78 is 2.06. The summed E-state index contributed by atoms with van der Waals surface area (Å²) >= 11 is 0. The molecule has 0 radical (unpaired) electrons. The van der Waals surface area contributed by atoms with Crippen molar-refractivity contribution in [3.05, 3.63) is 83.2 Å².